The van der Waals surface area contributed by atoms with E-state index in [2.05, 4.69) is 15.3 Å². The van der Waals surface area contributed by atoms with E-state index in [1.165, 1.54) is 38.2 Å². The van der Waals surface area contributed by atoms with Crippen molar-refractivity contribution >= 4 is 17.0 Å². The topological polar surface area (TPSA) is 87.2 Å². The number of fused-ring (bicyclic) bond motifs is 1. The van der Waals surface area contributed by atoms with Gasteiger partial charge in [0.2, 0.25) is 5.82 Å². The van der Waals surface area contributed by atoms with Crippen LogP contribution in [0.2, 0.25) is 0 Å². The minimum absolute atomic E-state index is 0.0687. The molecule has 0 amide bonds. The molecule has 4 rings (SSSR count). The molecule has 0 unspecified atom stereocenters. The highest BCUT2D eigenvalue weighted by Gasteiger charge is 2.38. The normalized spacial score (nSPS) is 14.8. The van der Waals surface area contributed by atoms with Crippen molar-refractivity contribution < 1.29 is 45.4 Å². The first kappa shape index (κ1) is 28.2. The number of carboxylic acids is 1. The van der Waals surface area contributed by atoms with Crippen molar-refractivity contribution in [1.82, 2.24) is 15.3 Å². The highest BCUT2D eigenvalue weighted by Crippen LogP contribution is 2.32. The number of hydrogen-bond acceptors (Lipinski definition) is 4. The first-order valence-electron chi connectivity index (χ1n) is 11.4. The average molecular weight is 535 g/mol. The van der Waals surface area contributed by atoms with E-state index in [1.807, 2.05) is 12.1 Å². The summed E-state index contributed by atoms with van der Waals surface area (Å²) in [4.78, 5) is 14.3. The summed E-state index contributed by atoms with van der Waals surface area (Å²) in [6.45, 7) is 1.77. The van der Waals surface area contributed by atoms with Crippen LogP contribution in [-0.2, 0) is 17.5 Å². The van der Waals surface area contributed by atoms with E-state index in [0.29, 0.717) is 5.75 Å². The van der Waals surface area contributed by atoms with Crippen molar-refractivity contribution in [1.29, 1.82) is 0 Å². The van der Waals surface area contributed by atoms with Crippen LogP contribution in [0.15, 0.2) is 36.4 Å². The van der Waals surface area contributed by atoms with Gasteiger partial charge in [0.1, 0.15) is 17.0 Å². The van der Waals surface area contributed by atoms with Crippen LogP contribution in [0.1, 0.15) is 43.5 Å². The number of imidazole rings is 1. The summed E-state index contributed by atoms with van der Waals surface area (Å²) in [6.07, 6.45) is -3.18. The highest BCUT2D eigenvalue weighted by atomic mass is 19.4. The van der Waals surface area contributed by atoms with Gasteiger partial charge < -0.3 is 20.1 Å². The molecule has 1 aliphatic rings. The number of aromatic amines is 1. The standard InChI is InChI=1S/C22H23F4N3O.C2HF3O2/c23-18-10-17(11-19-20(18)29-21(28-19)22(24,25)26)30-16-8-6-15(7-9-16)13-27-12-14-4-2-1-3-5-14;3-2(4,5)1(6)7/h6-11,14,27H,1-5,12-13H2,(H,28,29);(H,6,7). The fourth-order valence-corrected chi connectivity index (χ4v) is 3.87. The summed E-state index contributed by atoms with van der Waals surface area (Å²) in [5.74, 6) is -3.55. The van der Waals surface area contributed by atoms with Gasteiger partial charge >= 0.3 is 18.3 Å². The highest BCUT2D eigenvalue weighted by molar-refractivity contribution is 5.78. The molecule has 202 valence electrons. The van der Waals surface area contributed by atoms with Crippen LogP contribution in [-0.4, -0.2) is 33.8 Å². The van der Waals surface area contributed by atoms with Crippen molar-refractivity contribution in [2.75, 3.05) is 6.54 Å². The molecule has 2 aromatic carbocycles. The van der Waals surface area contributed by atoms with Crippen molar-refractivity contribution in [2.45, 2.75) is 51.0 Å². The number of ether oxygens (including phenoxy) is 1. The van der Waals surface area contributed by atoms with E-state index in [0.717, 1.165) is 30.6 Å². The van der Waals surface area contributed by atoms with Gasteiger partial charge in [-0.05, 0) is 43.0 Å². The van der Waals surface area contributed by atoms with E-state index < -0.39 is 30.0 Å². The molecule has 3 N–H and O–H groups in total. The van der Waals surface area contributed by atoms with Gasteiger partial charge in [0, 0.05) is 18.7 Å². The number of hydrogen-bond donors (Lipinski definition) is 3. The van der Waals surface area contributed by atoms with Gasteiger partial charge in [-0.25, -0.2) is 14.2 Å². The van der Waals surface area contributed by atoms with E-state index in [-0.39, 0.29) is 16.8 Å². The number of nitrogens with zero attached hydrogens (tertiary/aromatic N) is 1. The van der Waals surface area contributed by atoms with Crippen LogP contribution in [0, 0.1) is 11.7 Å². The lowest BCUT2D eigenvalue weighted by Crippen LogP contribution is -2.24. The lowest BCUT2D eigenvalue weighted by Gasteiger charge is -2.21. The maximum absolute atomic E-state index is 14.2. The Hall–Kier alpha value is -3.35. The number of aromatic nitrogens is 2. The van der Waals surface area contributed by atoms with Gasteiger partial charge in [0.05, 0.1) is 5.52 Å². The summed E-state index contributed by atoms with van der Waals surface area (Å²) in [7, 11) is 0. The van der Waals surface area contributed by atoms with Crippen LogP contribution in [0.3, 0.4) is 0 Å². The number of aliphatic carboxylic acids is 1. The number of rotatable bonds is 6. The van der Waals surface area contributed by atoms with Crippen molar-refractivity contribution in [3.63, 3.8) is 0 Å². The second kappa shape index (κ2) is 11.8. The van der Waals surface area contributed by atoms with Crippen molar-refractivity contribution in [2.24, 2.45) is 5.92 Å². The van der Waals surface area contributed by atoms with Crippen molar-refractivity contribution in [3.05, 3.63) is 53.6 Å². The summed E-state index contributed by atoms with van der Waals surface area (Å²) in [5, 5.41) is 10.6. The van der Waals surface area contributed by atoms with E-state index >= 15 is 0 Å². The molecular formula is C24H24F7N3O3. The molecule has 0 spiro atoms. The molecule has 1 saturated carbocycles. The Kier molecular flexibility index (Phi) is 9.00. The maximum Gasteiger partial charge on any atom is 0.490 e. The molecule has 0 saturated heterocycles. The Bertz CT molecular complexity index is 1190. The smallest absolute Gasteiger partial charge is 0.475 e. The van der Waals surface area contributed by atoms with Gasteiger partial charge in [0.15, 0.2) is 5.82 Å². The van der Waals surface area contributed by atoms with Crippen LogP contribution >= 0.6 is 0 Å². The third-order valence-corrected chi connectivity index (χ3v) is 5.67. The molecule has 1 heterocycles. The fourth-order valence-electron chi connectivity index (χ4n) is 3.87. The molecule has 3 aromatic rings. The average Bonchev–Trinajstić information content (AvgIpc) is 3.26. The Balaban J connectivity index is 0.000000479. The zero-order chi connectivity index (χ0) is 27.2. The number of halogens is 7. The number of H-pyrrole nitrogens is 1. The molecule has 1 aliphatic carbocycles. The summed E-state index contributed by atoms with van der Waals surface area (Å²) >= 11 is 0. The number of benzene rings is 2. The molecule has 0 atom stereocenters. The van der Waals surface area contributed by atoms with Gasteiger partial charge in [-0.2, -0.15) is 26.3 Å². The monoisotopic (exact) mass is 535 g/mol. The van der Waals surface area contributed by atoms with Gasteiger partial charge in [0.25, 0.3) is 0 Å². The molecule has 1 fully saturated rings. The first-order chi connectivity index (χ1) is 17.3. The lowest BCUT2D eigenvalue weighted by molar-refractivity contribution is -0.192. The molecule has 0 aliphatic heterocycles. The molecule has 0 radical (unpaired) electrons. The lowest BCUT2D eigenvalue weighted by atomic mass is 9.89. The third kappa shape index (κ3) is 8.34. The second-order valence-electron chi connectivity index (χ2n) is 8.57. The summed E-state index contributed by atoms with van der Waals surface area (Å²) in [6, 6.07) is 9.68. The van der Waals surface area contributed by atoms with Gasteiger partial charge in [-0.15, -0.1) is 0 Å². The second-order valence-corrected chi connectivity index (χ2v) is 8.57. The number of nitrogens with one attached hydrogen (secondary N) is 2. The molecule has 1 aromatic heterocycles. The number of carbonyl (C=O) groups is 1. The Morgan fingerprint density at radius 1 is 1.03 bits per heavy atom. The molecule has 37 heavy (non-hydrogen) atoms. The zero-order valence-electron chi connectivity index (χ0n) is 19.3. The minimum atomic E-state index is -5.08. The molecule has 13 heteroatoms. The van der Waals surface area contributed by atoms with Crippen LogP contribution in [0.25, 0.3) is 11.0 Å². The molecule has 0 bridgehead atoms. The Morgan fingerprint density at radius 3 is 2.22 bits per heavy atom. The van der Waals surface area contributed by atoms with E-state index in [9.17, 15) is 30.7 Å². The summed E-state index contributed by atoms with van der Waals surface area (Å²) < 4.78 is 89.9. The third-order valence-electron chi connectivity index (χ3n) is 5.67. The van der Waals surface area contributed by atoms with E-state index in [4.69, 9.17) is 14.6 Å². The fraction of sp³-hybridized carbons (Fsp3) is 0.417. The van der Waals surface area contributed by atoms with Gasteiger partial charge in [-0.3, -0.25) is 0 Å². The van der Waals surface area contributed by atoms with E-state index in [1.54, 1.807) is 12.1 Å². The predicted octanol–water partition coefficient (Wildman–Crippen LogP) is 6.82. The number of alkyl halides is 6. The van der Waals surface area contributed by atoms with Crippen LogP contribution in [0.5, 0.6) is 11.5 Å². The first-order valence-corrected chi connectivity index (χ1v) is 11.4. The summed E-state index contributed by atoms with van der Waals surface area (Å²) in [5.41, 5.74) is 0.665. The Morgan fingerprint density at radius 2 is 1.65 bits per heavy atom. The molecule has 6 nitrogen and oxygen atoms in total. The van der Waals surface area contributed by atoms with Crippen LogP contribution in [0.4, 0.5) is 30.7 Å². The maximum atomic E-state index is 14.2. The van der Waals surface area contributed by atoms with Crippen molar-refractivity contribution in [3.8, 4) is 11.5 Å². The SMILES string of the molecule is Fc1cc(Oc2ccc(CNCC3CCCCC3)cc2)cc2[nH]c(C(F)(F)F)nc12.O=C(O)C(F)(F)F. The Labute approximate surface area is 206 Å². The molecular weight excluding hydrogens is 511 g/mol. The predicted molar refractivity (Wildman–Crippen MR) is 120 cm³/mol. The largest absolute Gasteiger partial charge is 0.490 e. The number of carboxylic acid groups (broad SMARTS) is 1. The minimum Gasteiger partial charge on any atom is -0.475 e. The van der Waals surface area contributed by atoms with Gasteiger partial charge in [-0.1, -0.05) is 31.4 Å². The quantitative estimate of drug-likeness (QED) is 0.302. The zero-order valence-corrected chi connectivity index (χ0v) is 19.3. The van der Waals surface area contributed by atoms with Crippen LogP contribution < -0.4 is 10.1 Å².